The summed E-state index contributed by atoms with van der Waals surface area (Å²) in [4.78, 5) is 12.7. The van der Waals surface area contributed by atoms with Gasteiger partial charge in [0, 0.05) is 23.8 Å². The van der Waals surface area contributed by atoms with Gasteiger partial charge < -0.3 is 69.3 Å². The fraction of sp³-hybridized carbons (Fsp3) is 0.423. The molecule has 9 atom stereocenters. The summed E-state index contributed by atoms with van der Waals surface area (Å²) >= 11 is 0. The van der Waals surface area contributed by atoms with E-state index in [0.717, 1.165) is 12.1 Å². The monoisotopic (exact) mass is 580 g/mol. The molecule has 222 valence electrons. The molecule has 2 aliphatic rings. The molecule has 41 heavy (non-hydrogen) atoms. The van der Waals surface area contributed by atoms with Crippen LogP contribution in [0.4, 0.5) is 0 Å². The van der Waals surface area contributed by atoms with E-state index in [2.05, 4.69) is 0 Å². The number of aromatic hydroxyl groups is 3. The van der Waals surface area contributed by atoms with Gasteiger partial charge in [0.15, 0.2) is 23.2 Å². The summed E-state index contributed by atoms with van der Waals surface area (Å²) in [6.45, 7) is -0.836. The third kappa shape index (κ3) is 5.67. The smallest absolute Gasteiger partial charge is 0.229 e. The molecule has 3 unspecified atom stereocenters. The van der Waals surface area contributed by atoms with E-state index in [9.17, 15) is 50.8 Å². The molecule has 0 amide bonds. The summed E-state index contributed by atoms with van der Waals surface area (Å²) in [6.07, 6.45) is -14.1. The van der Waals surface area contributed by atoms with Crippen LogP contribution in [-0.4, -0.2) is 114 Å². The first-order valence-corrected chi connectivity index (χ1v) is 12.4. The number of ether oxygens (including phenoxy) is 4. The largest absolute Gasteiger partial charge is 0.507 e. The van der Waals surface area contributed by atoms with Crippen molar-refractivity contribution in [2.45, 2.75) is 55.3 Å². The molecule has 9 N–H and O–H groups in total. The normalized spacial score (nSPS) is 32.2. The average Bonchev–Trinajstić information content (AvgIpc) is 2.93. The third-order valence-corrected chi connectivity index (χ3v) is 6.84. The van der Waals surface area contributed by atoms with Gasteiger partial charge in [-0.3, -0.25) is 4.79 Å². The molecule has 2 fully saturated rings. The van der Waals surface area contributed by atoms with Gasteiger partial charge in [0.25, 0.3) is 0 Å². The molecule has 0 spiro atoms. The highest BCUT2D eigenvalue weighted by molar-refractivity contribution is 5.86. The number of aliphatic hydroxyl groups excluding tert-OH is 6. The number of fused-ring (bicyclic) bond motifs is 1. The van der Waals surface area contributed by atoms with Gasteiger partial charge in [-0.1, -0.05) is 0 Å². The Bertz CT molecular complexity index is 1460. The Morgan fingerprint density at radius 3 is 2.24 bits per heavy atom. The second kappa shape index (κ2) is 11.4. The summed E-state index contributed by atoms with van der Waals surface area (Å²) in [5.74, 6) is -1.55. The second-order valence-electron chi connectivity index (χ2n) is 9.71. The van der Waals surface area contributed by atoms with Crippen molar-refractivity contribution in [3.8, 4) is 34.3 Å². The highest BCUT2D eigenvalue weighted by atomic mass is 16.7. The molecule has 5 rings (SSSR count). The first-order chi connectivity index (χ1) is 19.4. The van der Waals surface area contributed by atoms with E-state index in [0.29, 0.717) is 0 Å². The Labute approximate surface area is 230 Å². The van der Waals surface area contributed by atoms with Crippen molar-refractivity contribution < 1.29 is 69.3 Å². The average molecular weight is 580 g/mol. The second-order valence-corrected chi connectivity index (χ2v) is 9.71. The molecule has 0 bridgehead atoms. The SMILES string of the molecule is O=c1cc(-c2ccc(O)c(O)c2)oc2cc(O[C@@H]3OC(CO[C@@H]4OC[C@@H](O)[C@H](O)C4O)[C@@H](O)[C@H](O)C3O)cc(O)c12. The van der Waals surface area contributed by atoms with Crippen LogP contribution in [0.25, 0.3) is 22.3 Å². The summed E-state index contributed by atoms with van der Waals surface area (Å²) in [7, 11) is 0. The molecule has 2 saturated heterocycles. The lowest BCUT2D eigenvalue weighted by molar-refractivity contribution is -0.307. The molecule has 2 aromatic carbocycles. The summed E-state index contributed by atoms with van der Waals surface area (Å²) in [6, 6.07) is 7.08. The van der Waals surface area contributed by atoms with Gasteiger partial charge in [-0.05, 0) is 18.2 Å². The third-order valence-electron chi connectivity index (χ3n) is 6.84. The van der Waals surface area contributed by atoms with Crippen LogP contribution in [0.15, 0.2) is 45.6 Å². The van der Waals surface area contributed by atoms with E-state index >= 15 is 0 Å². The number of phenols is 3. The molecule has 2 aliphatic heterocycles. The Morgan fingerprint density at radius 2 is 1.51 bits per heavy atom. The van der Waals surface area contributed by atoms with Crippen LogP contribution < -0.4 is 10.2 Å². The molecular formula is C26H28O15. The first kappa shape index (κ1) is 29.0. The molecule has 3 heterocycles. The minimum absolute atomic E-state index is 0.0104. The van der Waals surface area contributed by atoms with Crippen molar-refractivity contribution in [1.82, 2.24) is 0 Å². The highest BCUT2D eigenvalue weighted by Gasteiger charge is 2.46. The van der Waals surface area contributed by atoms with Crippen molar-refractivity contribution in [2.75, 3.05) is 13.2 Å². The quantitative estimate of drug-likeness (QED) is 0.146. The summed E-state index contributed by atoms with van der Waals surface area (Å²) in [5.41, 5.74) is -0.539. The van der Waals surface area contributed by atoms with Crippen molar-refractivity contribution >= 4 is 11.0 Å². The van der Waals surface area contributed by atoms with Gasteiger partial charge in [-0.2, -0.15) is 0 Å². The van der Waals surface area contributed by atoms with Crippen molar-refractivity contribution in [3.63, 3.8) is 0 Å². The van der Waals surface area contributed by atoms with Crippen LogP contribution in [0.2, 0.25) is 0 Å². The molecule has 1 aromatic heterocycles. The number of hydrogen-bond donors (Lipinski definition) is 9. The van der Waals surface area contributed by atoms with Gasteiger partial charge in [-0.15, -0.1) is 0 Å². The van der Waals surface area contributed by atoms with Crippen LogP contribution in [0.1, 0.15) is 0 Å². The maximum Gasteiger partial charge on any atom is 0.229 e. The van der Waals surface area contributed by atoms with E-state index in [1.54, 1.807) is 0 Å². The van der Waals surface area contributed by atoms with Crippen LogP contribution in [-0.2, 0) is 14.2 Å². The standard InChI is InChI=1S/C26H28O15/c27-11-2-1-9(3-12(11)28)16-6-14(30)19-13(29)4-10(5-17(19)40-16)39-26-24(36)22(34)21(33)18(41-26)8-38-25-23(35)20(32)15(31)7-37-25/h1-6,15,18,20-29,31-36H,7-8H2/t15-,18?,20+,21-,22+,23?,24?,25+,26-/m1/s1. The Balaban J connectivity index is 1.36. The van der Waals surface area contributed by atoms with E-state index < -0.39 is 78.8 Å². The summed E-state index contributed by atoms with van der Waals surface area (Å²) in [5, 5.41) is 90.3. The van der Waals surface area contributed by atoms with Crippen molar-refractivity contribution in [2.24, 2.45) is 0 Å². The molecule has 0 aliphatic carbocycles. The maximum atomic E-state index is 12.7. The molecule has 15 nitrogen and oxygen atoms in total. The number of aliphatic hydroxyl groups is 6. The lowest BCUT2D eigenvalue weighted by atomic mass is 9.99. The zero-order valence-corrected chi connectivity index (χ0v) is 21.0. The van der Waals surface area contributed by atoms with E-state index in [-0.39, 0.29) is 40.4 Å². The zero-order chi connectivity index (χ0) is 29.6. The van der Waals surface area contributed by atoms with Crippen molar-refractivity contribution in [3.05, 3.63) is 46.6 Å². The molecule has 15 heteroatoms. The minimum atomic E-state index is -1.79. The van der Waals surface area contributed by atoms with E-state index in [1.807, 2.05) is 0 Å². The Morgan fingerprint density at radius 1 is 0.780 bits per heavy atom. The van der Waals surface area contributed by atoms with Gasteiger partial charge in [0.2, 0.25) is 6.29 Å². The fourth-order valence-corrected chi connectivity index (χ4v) is 4.53. The topological polar surface area (TPSA) is 249 Å². The van der Waals surface area contributed by atoms with Gasteiger partial charge in [0.05, 0.1) is 13.2 Å². The van der Waals surface area contributed by atoms with Gasteiger partial charge in [-0.25, -0.2) is 0 Å². The van der Waals surface area contributed by atoms with Gasteiger partial charge >= 0.3 is 0 Å². The first-order valence-electron chi connectivity index (χ1n) is 12.4. The molecule has 0 saturated carbocycles. The minimum Gasteiger partial charge on any atom is -0.507 e. The van der Waals surface area contributed by atoms with Crippen LogP contribution in [0.5, 0.6) is 23.0 Å². The molecule has 0 radical (unpaired) electrons. The van der Waals surface area contributed by atoms with Gasteiger partial charge in [0.1, 0.15) is 71.0 Å². The lowest BCUT2D eigenvalue weighted by Gasteiger charge is -2.41. The highest BCUT2D eigenvalue weighted by Crippen LogP contribution is 2.35. The number of hydrogen-bond acceptors (Lipinski definition) is 15. The molecular weight excluding hydrogens is 552 g/mol. The van der Waals surface area contributed by atoms with Crippen LogP contribution in [0.3, 0.4) is 0 Å². The lowest BCUT2D eigenvalue weighted by Crippen LogP contribution is -2.61. The summed E-state index contributed by atoms with van der Waals surface area (Å²) < 4.78 is 27.4. The Hall–Kier alpha value is -3.51. The Kier molecular flexibility index (Phi) is 8.06. The number of benzene rings is 2. The van der Waals surface area contributed by atoms with Crippen LogP contribution in [0, 0.1) is 0 Å². The predicted octanol–water partition coefficient (Wildman–Crippen LogP) is -1.78. The van der Waals surface area contributed by atoms with Crippen molar-refractivity contribution in [1.29, 1.82) is 0 Å². The zero-order valence-electron chi connectivity index (χ0n) is 21.0. The van der Waals surface area contributed by atoms with Crippen LogP contribution >= 0.6 is 0 Å². The van der Waals surface area contributed by atoms with E-state index in [1.165, 1.54) is 24.3 Å². The fourth-order valence-electron chi connectivity index (χ4n) is 4.53. The van der Waals surface area contributed by atoms with E-state index in [4.69, 9.17) is 23.4 Å². The molecule has 3 aromatic rings. The predicted molar refractivity (Wildman–Crippen MR) is 134 cm³/mol. The number of rotatable bonds is 6. The maximum absolute atomic E-state index is 12.7. The number of phenolic OH excluding ortho intramolecular Hbond substituents is 3.